The molecule has 102 valence electrons. The predicted octanol–water partition coefficient (Wildman–Crippen LogP) is 4.76. The number of rotatable bonds is 9. The van der Waals surface area contributed by atoms with Gasteiger partial charge in [0, 0.05) is 6.04 Å². The van der Waals surface area contributed by atoms with Crippen LogP contribution in [0.15, 0.2) is 0 Å². The van der Waals surface area contributed by atoms with E-state index in [4.69, 9.17) is 0 Å². The molecule has 1 atom stereocenters. The van der Waals surface area contributed by atoms with E-state index in [-0.39, 0.29) is 0 Å². The van der Waals surface area contributed by atoms with E-state index >= 15 is 0 Å². The molecule has 1 rings (SSSR count). The average molecular weight is 239 g/mol. The standard InChI is InChI=1S/C16H33N/c1-4-5-8-13-17-16(12-11-14(2)3)15-9-6-7-10-15/h14-17H,4-13H2,1-3H3. The van der Waals surface area contributed by atoms with Crippen LogP contribution in [0.25, 0.3) is 0 Å². The molecule has 1 N–H and O–H groups in total. The first-order chi connectivity index (χ1) is 8.24. The molecule has 0 radical (unpaired) electrons. The molecular formula is C16H33N. The largest absolute Gasteiger partial charge is 0.314 e. The SMILES string of the molecule is CCCCCNC(CCC(C)C)C1CCCC1. The van der Waals surface area contributed by atoms with Crippen molar-refractivity contribution in [3.8, 4) is 0 Å². The van der Waals surface area contributed by atoms with Crippen molar-refractivity contribution in [2.24, 2.45) is 11.8 Å². The molecule has 0 saturated heterocycles. The molecule has 0 aliphatic heterocycles. The van der Waals surface area contributed by atoms with Crippen molar-refractivity contribution in [1.29, 1.82) is 0 Å². The second kappa shape index (κ2) is 8.97. The minimum atomic E-state index is 0.816. The lowest BCUT2D eigenvalue weighted by Gasteiger charge is -2.25. The molecule has 0 aromatic carbocycles. The van der Waals surface area contributed by atoms with Crippen LogP contribution in [0.2, 0.25) is 0 Å². The highest BCUT2D eigenvalue weighted by atomic mass is 14.9. The lowest BCUT2D eigenvalue weighted by molar-refractivity contribution is 0.318. The van der Waals surface area contributed by atoms with Crippen LogP contribution in [-0.2, 0) is 0 Å². The van der Waals surface area contributed by atoms with Crippen LogP contribution < -0.4 is 5.32 Å². The predicted molar refractivity (Wildman–Crippen MR) is 77.3 cm³/mol. The Morgan fingerprint density at radius 3 is 2.35 bits per heavy atom. The first kappa shape index (κ1) is 15.0. The second-order valence-electron chi connectivity index (χ2n) is 6.28. The summed E-state index contributed by atoms with van der Waals surface area (Å²) in [5.74, 6) is 1.84. The van der Waals surface area contributed by atoms with Crippen molar-refractivity contribution >= 4 is 0 Å². The molecule has 0 spiro atoms. The van der Waals surface area contributed by atoms with Crippen molar-refractivity contribution in [3.63, 3.8) is 0 Å². The molecule has 0 heterocycles. The summed E-state index contributed by atoms with van der Waals surface area (Å²) in [5.41, 5.74) is 0. The number of unbranched alkanes of at least 4 members (excludes halogenated alkanes) is 2. The van der Waals surface area contributed by atoms with Gasteiger partial charge in [-0.1, -0.05) is 46.5 Å². The quantitative estimate of drug-likeness (QED) is 0.572. The Hall–Kier alpha value is -0.0400. The summed E-state index contributed by atoms with van der Waals surface area (Å²) in [6, 6.07) is 0.816. The van der Waals surface area contributed by atoms with Gasteiger partial charge in [0.05, 0.1) is 0 Å². The highest BCUT2D eigenvalue weighted by Crippen LogP contribution is 2.30. The van der Waals surface area contributed by atoms with Gasteiger partial charge in [-0.2, -0.15) is 0 Å². The summed E-state index contributed by atoms with van der Waals surface area (Å²) in [7, 11) is 0. The molecule has 17 heavy (non-hydrogen) atoms. The van der Waals surface area contributed by atoms with Crippen LogP contribution in [0.4, 0.5) is 0 Å². The van der Waals surface area contributed by atoms with Gasteiger partial charge in [0.15, 0.2) is 0 Å². The maximum atomic E-state index is 3.85. The molecule has 1 unspecified atom stereocenters. The molecule has 1 heteroatoms. The highest BCUT2D eigenvalue weighted by molar-refractivity contribution is 4.80. The summed E-state index contributed by atoms with van der Waals surface area (Å²) < 4.78 is 0. The van der Waals surface area contributed by atoms with Gasteiger partial charge in [-0.25, -0.2) is 0 Å². The zero-order chi connectivity index (χ0) is 12.5. The van der Waals surface area contributed by atoms with Crippen LogP contribution in [0.5, 0.6) is 0 Å². The smallest absolute Gasteiger partial charge is 0.00954 e. The fourth-order valence-corrected chi connectivity index (χ4v) is 3.04. The fraction of sp³-hybridized carbons (Fsp3) is 1.00. The molecule has 0 bridgehead atoms. The molecule has 0 aromatic rings. The van der Waals surface area contributed by atoms with Gasteiger partial charge in [0.2, 0.25) is 0 Å². The maximum Gasteiger partial charge on any atom is 0.00954 e. The van der Waals surface area contributed by atoms with Gasteiger partial charge in [0.1, 0.15) is 0 Å². The van der Waals surface area contributed by atoms with Crippen LogP contribution in [0, 0.1) is 11.8 Å². The summed E-state index contributed by atoms with van der Waals surface area (Å²) >= 11 is 0. The van der Waals surface area contributed by atoms with Gasteiger partial charge in [-0.3, -0.25) is 0 Å². The Bertz CT molecular complexity index is 170. The number of hydrogen-bond acceptors (Lipinski definition) is 1. The monoisotopic (exact) mass is 239 g/mol. The van der Waals surface area contributed by atoms with Crippen molar-refractivity contribution in [2.75, 3.05) is 6.54 Å². The molecule has 1 aliphatic carbocycles. The van der Waals surface area contributed by atoms with Gasteiger partial charge >= 0.3 is 0 Å². The molecular weight excluding hydrogens is 206 g/mol. The fourth-order valence-electron chi connectivity index (χ4n) is 3.04. The molecule has 1 nitrogen and oxygen atoms in total. The van der Waals surface area contributed by atoms with Crippen LogP contribution in [0.1, 0.15) is 78.6 Å². The number of hydrogen-bond donors (Lipinski definition) is 1. The van der Waals surface area contributed by atoms with E-state index in [1.807, 2.05) is 0 Å². The second-order valence-corrected chi connectivity index (χ2v) is 6.28. The Kier molecular flexibility index (Phi) is 7.92. The normalized spacial score (nSPS) is 19.1. The Morgan fingerprint density at radius 2 is 1.76 bits per heavy atom. The van der Waals surface area contributed by atoms with E-state index in [2.05, 4.69) is 26.1 Å². The minimum Gasteiger partial charge on any atom is -0.314 e. The lowest BCUT2D eigenvalue weighted by atomic mass is 9.91. The van der Waals surface area contributed by atoms with Crippen molar-refractivity contribution in [2.45, 2.75) is 84.6 Å². The van der Waals surface area contributed by atoms with Gasteiger partial charge < -0.3 is 5.32 Å². The first-order valence-electron chi connectivity index (χ1n) is 7.97. The van der Waals surface area contributed by atoms with E-state index in [0.717, 1.165) is 17.9 Å². The number of nitrogens with one attached hydrogen (secondary N) is 1. The third-order valence-corrected chi connectivity index (χ3v) is 4.21. The molecule has 0 amide bonds. The van der Waals surface area contributed by atoms with Crippen molar-refractivity contribution < 1.29 is 0 Å². The molecule has 1 fully saturated rings. The van der Waals surface area contributed by atoms with Crippen LogP contribution >= 0.6 is 0 Å². The zero-order valence-electron chi connectivity index (χ0n) is 12.3. The maximum absolute atomic E-state index is 3.85. The van der Waals surface area contributed by atoms with E-state index in [0.29, 0.717) is 0 Å². The molecule has 1 aliphatic rings. The van der Waals surface area contributed by atoms with Gasteiger partial charge in [-0.15, -0.1) is 0 Å². The van der Waals surface area contributed by atoms with Gasteiger partial charge in [0.25, 0.3) is 0 Å². The van der Waals surface area contributed by atoms with Crippen LogP contribution in [-0.4, -0.2) is 12.6 Å². The van der Waals surface area contributed by atoms with Crippen molar-refractivity contribution in [3.05, 3.63) is 0 Å². The third kappa shape index (κ3) is 6.45. The Labute approximate surface area is 109 Å². The summed E-state index contributed by atoms with van der Waals surface area (Å²) in [6.45, 7) is 8.23. The summed E-state index contributed by atoms with van der Waals surface area (Å²) in [5, 5.41) is 3.85. The Morgan fingerprint density at radius 1 is 1.06 bits per heavy atom. The van der Waals surface area contributed by atoms with E-state index < -0.39 is 0 Å². The average Bonchev–Trinajstić information content (AvgIpc) is 2.81. The Balaban J connectivity index is 2.24. The van der Waals surface area contributed by atoms with Crippen molar-refractivity contribution in [1.82, 2.24) is 5.32 Å². The molecule has 0 aromatic heterocycles. The van der Waals surface area contributed by atoms with E-state index in [1.54, 1.807) is 0 Å². The molecule has 1 saturated carbocycles. The van der Waals surface area contributed by atoms with Crippen LogP contribution in [0.3, 0.4) is 0 Å². The first-order valence-corrected chi connectivity index (χ1v) is 7.97. The highest BCUT2D eigenvalue weighted by Gasteiger charge is 2.24. The van der Waals surface area contributed by atoms with E-state index in [9.17, 15) is 0 Å². The summed E-state index contributed by atoms with van der Waals surface area (Å²) in [6.07, 6.45) is 12.8. The topological polar surface area (TPSA) is 12.0 Å². The van der Waals surface area contributed by atoms with E-state index in [1.165, 1.54) is 64.3 Å². The lowest BCUT2D eigenvalue weighted by Crippen LogP contribution is -2.36. The minimum absolute atomic E-state index is 0.816. The summed E-state index contributed by atoms with van der Waals surface area (Å²) in [4.78, 5) is 0. The zero-order valence-corrected chi connectivity index (χ0v) is 12.3. The van der Waals surface area contributed by atoms with Gasteiger partial charge in [-0.05, 0) is 50.5 Å². The third-order valence-electron chi connectivity index (χ3n) is 4.21.